The first kappa shape index (κ1) is 22.1. The molecular weight excluding hydrogens is 404 g/mol. The number of hydrogen-bond donors (Lipinski definition) is 2. The monoisotopic (exact) mass is 427 g/mol. The maximum Gasteiger partial charge on any atom is 0.226 e. The van der Waals surface area contributed by atoms with Crippen LogP contribution in [0.1, 0.15) is 31.7 Å². The van der Waals surface area contributed by atoms with E-state index in [9.17, 15) is 18.4 Å². The Morgan fingerprint density at radius 3 is 2.52 bits per heavy atom. The summed E-state index contributed by atoms with van der Waals surface area (Å²) < 4.78 is 33.1. The number of amides is 2. The van der Waals surface area contributed by atoms with Crippen LogP contribution < -0.4 is 10.6 Å². The van der Waals surface area contributed by atoms with Crippen molar-refractivity contribution in [3.63, 3.8) is 0 Å². The number of carbonyl (C=O) groups is 2. The summed E-state index contributed by atoms with van der Waals surface area (Å²) in [6.07, 6.45) is 1.53. The average molecular weight is 427 g/mol. The van der Waals surface area contributed by atoms with Crippen molar-refractivity contribution in [2.24, 2.45) is 5.92 Å². The molecule has 2 aromatic carbocycles. The first-order chi connectivity index (χ1) is 14.8. The Labute approximate surface area is 178 Å². The summed E-state index contributed by atoms with van der Waals surface area (Å²) in [6, 6.07) is 10.8. The van der Waals surface area contributed by atoms with Gasteiger partial charge in [-0.25, -0.2) is 13.8 Å². The molecule has 0 spiro atoms. The summed E-state index contributed by atoms with van der Waals surface area (Å²) in [4.78, 5) is 28.0. The van der Waals surface area contributed by atoms with Crippen molar-refractivity contribution >= 4 is 17.5 Å². The largest absolute Gasteiger partial charge is 0.441 e. The van der Waals surface area contributed by atoms with Crippen molar-refractivity contribution in [3.05, 3.63) is 71.8 Å². The fraction of sp³-hybridized carbons (Fsp3) is 0.261. The molecule has 3 rings (SSSR count). The van der Waals surface area contributed by atoms with E-state index in [4.69, 9.17) is 4.42 Å². The number of nitrogens with one attached hydrogen (secondary N) is 2. The maximum absolute atomic E-state index is 13.8. The van der Waals surface area contributed by atoms with Crippen molar-refractivity contribution in [3.8, 4) is 11.3 Å². The lowest BCUT2D eigenvalue weighted by Crippen LogP contribution is -2.23. The number of oxazole rings is 1. The Hall–Kier alpha value is -3.55. The molecular formula is C23H23F2N3O3. The highest BCUT2D eigenvalue weighted by molar-refractivity contribution is 5.92. The van der Waals surface area contributed by atoms with Crippen LogP contribution in [0, 0.1) is 17.6 Å². The number of nitrogens with zero attached hydrogens (tertiary/aromatic N) is 1. The highest BCUT2D eigenvalue weighted by Crippen LogP contribution is 2.26. The first-order valence-corrected chi connectivity index (χ1v) is 9.89. The van der Waals surface area contributed by atoms with E-state index in [0.29, 0.717) is 12.2 Å². The topological polar surface area (TPSA) is 84.2 Å². The second-order valence-electron chi connectivity index (χ2n) is 7.34. The lowest BCUT2D eigenvalue weighted by molar-refractivity contribution is -0.121. The molecule has 6 nitrogen and oxygen atoms in total. The zero-order chi connectivity index (χ0) is 22.4. The molecule has 162 valence electrons. The fourth-order valence-electron chi connectivity index (χ4n) is 2.83. The lowest BCUT2D eigenvalue weighted by Gasteiger charge is -2.10. The van der Waals surface area contributed by atoms with Gasteiger partial charge in [0.15, 0.2) is 11.7 Å². The summed E-state index contributed by atoms with van der Waals surface area (Å²) in [5.74, 6) is -1.74. The van der Waals surface area contributed by atoms with Crippen molar-refractivity contribution in [2.45, 2.75) is 33.2 Å². The molecule has 0 aliphatic heterocycles. The minimum absolute atomic E-state index is 0.0220. The Morgan fingerprint density at radius 1 is 1.10 bits per heavy atom. The molecule has 1 aromatic heterocycles. The normalized spacial score (nSPS) is 10.9. The van der Waals surface area contributed by atoms with E-state index >= 15 is 0 Å². The van der Waals surface area contributed by atoms with Crippen molar-refractivity contribution in [1.29, 1.82) is 0 Å². The zero-order valence-electron chi connectivity index (χ0n) is 17.2. The second kappa shape index (κ2) is 9.97. The summed E-state index contributed by atoms with van der Waals surface area (Å²) >= 11 is 0. The molecule has 0 fully saturated rings. The maximum atomic E-state index is 13.8. The fourth-order valence-corrected chi connectivity index (χ4v) is 2.83. The molecule has 3 aromatic rings. The summed E-state index contributed by atoms with van der Waals surface area (Å²) in [5, 5.41) is 5.60. The first-order valence-electron chi connectivity index (χ1n) is 9.89. The third-order valence-electron chi connectivity index (χ3n) is 4.54. The van der Waals surface area contributed by atoms with E-state index in [1.165, 1.54) is 12.3 Å². The molecule has 0 unspecified atom stereocenters. The van der Waals surface area contributed by atoms with Gasteiger partial charge in [-0.15, -0.1) is 0 Å². The summed E-state index contributed by atoms with van der Waals surface area (Å²) in [5.41, 5.74) is 1.22. The Balaban J connectivity index is 1.51. The third-order valence-corrected chi connectivity index (χ3v) is 4.54. The predicted molar refractivity (Wildman–Crippen MR) is 112 cm³/mol. The second-order valence-corrected chi connectivity index (χ2v) is 7.34. The van der Waals surface area contributed by atoms with Gasteiger partial charge in [0.1, 0.15) is 11.6 Å². The lowest BCUT2D eigenvalue weighted by atomic mass is 10.1. The number of rotatable bonds is 8. The SMILES string of the molecule is CC(C)C(=O)Nc1cccc(CNC(=O)CCc2ncc(-c3c(F)cccc3F)o2)c1. The molecule has 0 aliphatic rings. The molecule has 0 aliphatic carbocycles. The number of aryl methyl sites for hydroxylation is 1. The van der Waals surface area contributed by atoms with E-state index in [0.717, 1.165) is 17.7 Å². The van der Waals surface area contributed by atoms with E-state index < -0.39 is 11.6 Å². The van der Waals surface area contributed by atoms with Crippen LogP contribution >= 0.6 is 0 Å². The number of halogens is 2. The molecule has 2 N–H and O–H groups in total. The number of aromatic nitrogens is 1. The molecule has 0 saturated heterocycles. The standard InChI is InChI=1S/C23H23F2N3O3/c1-14(2)23(30)28-16-6-3-5-15(11-16)12-26-20(29)9-10-21-27-13-19(31-21)22-17(24)7-4-8-18(22)25/h3-8,11,13-14H,9-10,12H2,1-2H3,(H,26,29)(H,28,30). The highest BCUT2D eigenvalue weighted by Gasteiger charge is 2.16. The van der Waals surface area contributed by atoms with Crippen LogP contribution in [0.3, 0.4) is 0 Å². The molecule has 8 heteroatoms. The third kappa shape index (κ3) is 5.97. The minimum Gasteiger partial charge on any atom is -0.441 e. The van der Waals surface area contributed by atoms with Crippen molar-refractivity contribution in [2.75, 3.05) is 5.32 Å². The zero-order valence-corrected chi connectivity index (χ0v) is 17.2. The van der Waals surface area contributed by atoms with Crippen LogP contribution in [0.4, 0.5) is 14.5 Å². The Morgan fingerprint density at radius 2 is 1.81 bits per heavy atom. The number of benzene rings is 2. The van der Waals surface area contributed by atoms with Gasteiger partial charge in [-0.2, -0.15) is 0 Å². The van der Waals surface area contributed by atoms with E-state index in [1.54, 1.807) is 18.2 Å². The molecule has 0 radical (unpaired) electrons. The van der Waals surface area contributed by atoms with Crippen LogP contribution in [0.25, 0.3) is 11.3 Å². The molecule has 0 saturated carbocycles. The van der Waals surface area contributed by atoms with Crippen LogP contribution in [0.15, 0.2) is 53.1 Å². The molecule has 0 bridgehead atoms. The van der Waals surface area contributed by atoms with Gasteiger partial charge in [-0.1, -0.05) is 32.0 Å². The van der Waals surface area contributed by atoms with Gasteiger partial charge < -0.3 is 15.1 Å². The Kier molecular flexibility index (Phi) is 7.12. The summed E-state index contributed by atoms with van der Waals surface area (Å²) in [6.45, 7) is 3.91. The van der Waals surface area contributed by atoms with Gasteiger partial charge >= 0.3 is 0 Å². The van der Waals surface area contributed by atoms with Gasteiger partial charge in [0.05, 0.1) is 11.8 Å². The van der Waals surface area contributed by atoms with Gasteiger partial charge in [0.2, 0.25) is 11.8 Å². The van der Waals surface area contributed by atoms with Crippen LogP contribution in [0.2, 0.25) is 0 Å². The van der Waals surface area contributed by atoms with Crippen LogP contribution in [-0.4, -0.2) is 16.8 Å². The molecule has 2 amide bonds. The van der Waals surface area contributed by atoms with Crippen molar-refractivity contribution < 1.29 is 22.8 Å². The van der Waals surface area contributed by atoms with Gasteiger partial charge in [0.25, 0.3) is 0 Å². The Bertz CT molecular complexity index is 1060. The minimum atomic E-state index is -0.743. The van der Waals surface area contributed by atoms with Crippen molar-refractivity contribution in [1.82, 2.24) is 10.3 Å². The number of carbonyl (C=O) groups excluding carboxylic acids is 2. The molecule has 1 heterocycles. The smallest absolute Gasteiger partial charge is 0.226 e. The van der Waals surface area contributed by atoms with E-state index in [-0.39, 0.29) is 47.8 Å². The highest BCUT2D eigenvalue weighted by atomic mass is 19.1. The number of anilines is 1. The number of hydrogen-bond acceptors (Lipinski definition) is 4. The van der Waals surface area contributed by atoms with E-state index in [1.807, 2.05) is 19.9 Å². The van der Waals surface area contributed by atoms with Gasteiger partial charge in [-0.05, 0) is 29.8 Å². The molecule has 31 heavy (non-hydrogen) atoms. The molecule has 0 atom stereocenters. The van der Waals surface area contributed by atoms with E-state index in [2.05, 4.69) is 15.6 Å². The van der Waals surface area contributed by atoms with Gasteiger partial charge in [-0.3, -0.25) is 9.59 Å². The van der Waals surface area contributed by atoms with Gasteiger partial charge in [0, 0.05) is 31.0 Å². The quantitative estimate of drug-likeness (QED) is 0.556. The summed E-state index contributed by atoms with van der Waals surface area (Å²) in [7, 11) is 0. The van der Waals surface area contributed by atoms with Crippen LogP contribution in [0.5, 0.6) is 0 Å². The average Bonchev–Trinajstić information content (AvgIpc) is 3.19. The van der Waals surface area contributed by atoms with Crippen LogP contribution in [-0.2, 0) is 22.6 Å². The predicted octanol–water partition coefficient (Wildman–Crippen LogP) is 4.46.